The van der Waals surface area contributed by atoms with Gasteiger partial charge in [0.25, 0.3) is 0 Å². The van der Waals surface area contributed by atoms with Gasteiger partial charge in [0.05, 0.1) is 0 Å². The van der Waals surface area contributed by atoms with E-state index in [0.717, 1.165) is 26.7 Å². The Kier molecular flexibility index (Phi) is 33.9. The zero-order chi connectivity index (χ0) is 13.1. The number of rotatable bonds is 0. The minimum atomic E-state index is -1.08. The van der Waals surface area contributed by atoms with E-state index in [1.807, 2.05) is 0 Å². The molecule has 0 heterocycles. The van der Waals surface area contributed by atoms with Crippen molar-refractivity contribution in [1.29, 1.82) is 0 Å². The molecule has 0 aromatic heterocycles. The molecule has 6 nitrogen and oxygen atoms in total. The number of hydrogen-bond donors (Lipinski definition) is 2. The predicted molar refractivity (Wildman–Crippen MR) is 55.8 cm³/mol. The zero-order valence-electron chi connectivity index (χ0n) is 10.8. The number of hydrogen-bond acceptors (Lipinski definition) is 6. The molecule has 19 heavy (non-hydrogen) atoms. The third-order valence-corrected chi connectivity index (χ3v) is 1.87. The van der Waals surface area contributed by atoms with Gasteiger partial charge in [-0.3, -0.25) is 0 Å². The van der Waals surface area contributed by atoms with E-state index in [0.29, 0.717) is 0 Å². The molecule has 0 aromatic carbocycles. The number of carboxylic acids is 2. The van der Waals surface area contributed by atoms with Crippen LogP contribution in [0.25, 0.3) is 0 Å². The van der Waals surface area contributed by atoms with E-state index in [1.54, 1.807) is 0 Å². The summed E-state index contributed by atoms with van der Waals surface area (Å²) in [5.41, 5.74) is 11.3. The molecule has 0 spiro atoms. The van der Waals surface area contributed by atoms with Gasteiger partial charge in [-0.25, -0.2) is 0 Å². The number of carbonyl (C=O) groups excluding carboxylic acids is 2. The first kappa shape index (κ1) is 31.5. The molecule has 1 saturated carbocycles. The first-order valence-corrected chi connectivity index (χ1v) is 5.13. The van der Waals surface area contributed by atoms with Crippen molar-refractivity contribution >= 4 is 11.9 Å². The molecule has 0 bridgehead atoms. The summed E-state index contributed by atoms with van der Waals surface area (Å²) in [6.07, 6.45) is 4.80. The number of nitrogens with two attached hydrogens (primary N) is 2. The van der Waals surface area contributed by atoms with Crippen molar-refractivity contribution in [2.24, 2.45) is 11.5 Å². The van der Waals surface area contributed by atoms with E-state index < -0.39 is 11.9 Å². The van der Waals surface area contributed by atoms with E-state index in [-0.39, 0.29) is 58.0 Å². The fraction of sp³-hybridized carbons (Fsp3) is 0.800. The van der Waals surface area contributed by atoms with Gasteiger partial charge in [0.2, 0.25) is 0 Å². The average molecular weight is 498 g/mol. The van der Waals surface area contributed by atoms with Gasteiger partial charge in [0, 0.05) is 24.0 Å². The van der Waals surface area contributed by atoms with Crippen LogP contribution in [0.1, 0.15) is 39.5 Å². The van der Waals surface area contributed by atoms with Crippen LogP contribution < -0.4 is 46.5 Å². The Hall–Kier alpha value is 0.128. The minimum absolute atomic E-state index is 0. The molecule has 118 valence electrons. The van der Waals surface area contributed by atoms with Crippen molar-refractivity contribution < 1.29 is 65.7 Å². The first-order valence-electron chi connectivity index (χ1n) is 5.13. The molecular weight excluding hydrogens is 478 g/mol. The van der Waals surface area contributed by atoms with Crippen molar-refractivity contribution in [1.82, 2.24) is 0 Å². The molecule has 1 fully saturated rings. The summed E-state index contributed by atoms with van der Waals surface area (Å²) in [6.45, 7) is 1.94. The van der Waals surface area contributed by atoms with Gasteiger partial charge in [-0.1, -0.05) is 12.8 Å². The van der Waals surface area contributed by atoms with E-state index in [9.17, 15) is 0 Å². The van der Waals surface area contributed by atoms with Gasteiger partial charge in [-0.2, -0.15) is 0 Å². The molecule has 9 heteroatoms. The normalized spacial score (nSPS) is 19.4. The monoisotopic (exact) mass is 497 g/mol. The molecule has 0 aliphatic heterocycles. The Morgan fingerprint density at radius 2 is 1.05 bits per heavy atom. The van der Waals surface area contributed by atoms with Gasteiger partial charge >= 0.3 is 21.1 Å². The second-order valence-corrected chi connectivity index (χ2v) is 3.60. The number of aliphatic carboxylic acids is 2. The Balaban J connectivity index is -0.0000000526. The minimum Gasteiger partial charge on any atom is -1.00 e. The molecule has 1 rings (SSSR count). The van der Waals surface area contributed by atoms with Crippen LogP contribution in [0.2, 0.25) is 0 Å². The van der Waals surface area contributed by atoms with E-state index >= 15 is 0 Å². The van der Waals surface area contributed by atoms with Gasteiger partial charge in [0.15, 0.2) is 0 Å². The summed E-state index contributed by atoms with van der Waals surface area (Å²) in [4.78, 5) is 17.8. The van der Waals surface area contributed by atoms with Crippen molar-refractivity contribution in [3.05, 3.63) is 0 Å². The average Bonchev–Trinajstić information content (AvgIpc) is 2.08. The smallest absolute Gasteiger partial charge is 1.00 e. The van der Waals surface area contributed by atoms with Crippen LogP contribution in [0.5, 0.6) is 0 Å². The standard InChI is InChI=1S/C6H14N2.2C2H4O2.2ClH.Pt/c7-5-3-1-2-4-6(5)8;2*1-2(3)4;;;/h5-6H,1-4,7-8H2;2*1H3,(H,3,4);2*1H;/q;;;;;+4/p-4. The molecule has 2 unspecified atom stereocenters. The van der Waals surface area contributed by atoms with Crippen LogP contribution in [0.4, 0.5) is 0 Å². The Bertz CT molecular complexity index is 194. The van der Waals surface area contributed by atoms with Crippen LogP contribution in [0.3, 0.4) is 0 Å². The Morgan fingerprint density at radius 3 is 1.16 bits per heavy atom. The van der Waals surface area contributed by atoms with E-state index in [2.05, 4.69) is 0 Å². The second-order valence-electron chi connectivity index (χ2n) is 3.60. The van der Waals surface area contributed by atoms with Gasteiger partial charge in [0.1, 0.15) is 0 Å². The molecule has 4 N–H and O–H groups in total. The largest absolute Gasteiger partial charge is 4.00 e. The molecule has 0 saturated heterocycles. The topological polar surface area (TPSA) is 132 Å². The Labute approximate surface area is 140 Å². The SMILES string of the molecule is CC(=O)[O-].CC(=O)[O-].NC1CCCCC1N.[Cl-].[Cl-].[Pt+4]. The predicted octanol–water partition coefficient (Wildman–Crippen LogP) is -8.27. The second kappa shape index (κ2) is 20.4. The summed E-state index contributed by atoms with van der Waals surface area (Å²) >= 11 is 0. The van der Waals surface area contributed by atoms with Crippen LogP contribution in [0.15, 0.2) is 0 Å². The van der Waals surface area contributed by atoms with Gasteiger partial charge < -0.3 is 56.1 Å². The third-order valence-electron chi connectivity index (χ3n) is 1.87. The quantitative estimate of drug-likeness (QED) is 0.341. The molecule has 1 aliphatic carbocycles. The van der Waals surface area contributed by atoms with Crippen molar-refractivity contribution in [2.45, 2.75) is 51.6 Å². The summed E-state index contributed by atoms with van der Waals surface area (Å²) in [6, 6.07) is 0.562. The van der Waals surface area contributed by atoms with Gasteiger partial charge in [-0.05, 0) is 26.7 Å². The maximum atomic E-state index is 8.89. The van der Waals surface area contributed by atoms with Crippen LogP contribution >= 0.6 is 0 Å². The Morgan fingerprint density at radius 1 is 0.895 bits per heavy atom. The maximum Gasteiger partial charge on any atom is 4.00 e. The molecule has 0 aromatic rings. The molecule has 0 amide bonds. The van der Waals surface area contributed by atoms with E-state index in [4.69, 9.17) is 31.3 Å². The summed E-state index contributed by atoms with van der Waals surface area (Å²) in [5, 5.41) is 17.8. The number of carbonyl (C=O) groups is 2. The molecule has 2 atom stereocenters. The van der Waals surface area contributed by atoms with Crippen molar-refractivity contribution in [3.8, 4) is 0 Å². The fourth-order valence-corrected chi connectivity index (χ4v) is 1.19. The summed E-state index contributed by atoms with van der Waals surface area (Å²) < 4.78 is 0. The van der Waals surface area contributed by atoms with Crippen LogP contribution in [-0.2, 0) is 30.7 Å². The molecular formula is C10H20Cl2N2O4Pt. The zero-order valence-corrected chi connectivity index (χ0v) is 14.6. The summed E-state index contributed by atoms with van der Waals surface area (Å²) in [5.74, 6) is -2.17. The van der Waals surface area contributed by atoms with Crippen LogP contribution in [0, 0.1) is 0 Å². The fourth-order valence-electron chi connectivity index (χ4n) is 1.19. The number of carboxylic acid groups (broad SMARTS) is 2. The number of halogens is 2. The van der Waals surface area contributed by atoms with Gasteiger partial charge in [-0.15, -0.1) is 0 Å². The summed E-state index contributed by atoms with van der Waals surface area (Å²) in [7, 11) is 0. The molecule has 1 aliphatic rings. The van der Waals surface area contributed by atoms with Crippen molar-refractivity contribution in [2.75, 3.05) is 0 Å². The maximum absolute atomic E-state index is 8.89. The third kappa shape index (κ3) is 38.1. The first-order chi connectivity index (χ1) is 7.27. The van der Waals surface area contributed by atoms with Crippen molar-refractivity contribution in [3.63, 3.8) is 0 Å². The molecule has 0 radical (unpaired) electrons. The van der Waals surface area contributed by atoms with E-state index in [1.165, 1.54) is 12.8 Å². The van der Waals surface area contributed by atoms with Crippen LogP contribution in [-0.4, -0.2) is 24.0 Å².